The fourth-order valence-electron chi connectivity index (χ4n) is 2.56. The topological polar surface area (TPSA) is 72.8 Å². The summed E-state index contributed by atoms with van der Waals surface area (Å²) in [4.78, 5) is 23.7. The van der Waals surface area contributed by atoms with Crippen molar-refractivity contribution in [1.82, 2.24) is 0 Å². The number of halogens is 1. The van der Waals surface area contributed by atoms with E-state index in [9.17, 15) is 14.7 Å². The van der Waals surface area contributed by atoms with Gasteiger partial charge in [-0.2, -0.15) is 0 Å². The Labute approximate surface area is 167 Å². The molecule has 0 unspecified atom stereocenters. The number of aromatic carboxylic acids is 1. The van der Waals surface area contributed by atoms with Gasteiger partial charge in [-0.25, -0.2) is 9.59 Å². The van der Waals surface area contributed by atoms with Crippen LogP contribution in [0.15, 0.2) is 72.8 Å². The predicted molar refractivity (Wildman–Crippen MR) is 105 cm³/mol. The lowest BCUT2D eigenvalue weighted by Crippen LogP contribution is -2.12. The van der Waals surface area contributed by atoms with Gasteiger partial charge in [-0.1, -0.05) is 48.0 Å². The molecule has 0 bridgehead atoms. The molecule has 0 radical (unpaired) electrons. The van der Waals surface area contributed by atoms with Gasteiger partial charge in [-0.15, -0.1) is 0 Å². The highest BCUT2D eigenvalue weighted by molar-refractivity contribution is 6.31. The summed E-state index contributed by atoms with van der Waals surface area (Å²) in [5, 5.41) is 9.48. The molecule has 0 atom stereocenters. The SMILES string of the molecule is O=C(Oc1ccc(Cl)cc1C(=O)O)c1cccc(OCCc2ccccc2)c1. The second-order valence-corrected chi connectivity index (χ2v) is 6.38. The summed E-state index contributed by atoms with van der Waals surface area (Å²) in [7, 11) is 0. The van der Waals surface area contributed by atoms with E-state index in [0.717, 1.165) is 12.0 Å². The van der Waals surface area contributed by atoms with Crippen LogP contribution < -0.4 is 9.47 Å². The molecule has 0 aliphatic heterocycles. The highest BCUT2D eigenvalue weighted by Crippen LogP contribution is 2.24. The molecule has 0 saturated heterocycles. The van der Waals surface area contributed by atoms with Gasteiger partial charge >= 0.3 is 11.9 Å². The van der Waals surface area contributed by atoms with Crippen LogP contribution in [-0.2, 0) is 6.42 Å². The maximum atomic E-state index is 12.4. The number of benzene rings is 3. The number of carbonyl (C=O) groups is 2. The van der Waals surface area contributed by atoms with Gasteiger partial charge in [-0.05, 0) is 42.0 Å². The summed E-state index contributed by atoms with van der Waals surface area (Å²) in [6, 6.07) is 20.5. The number of carbonyl (C=O) groups excluding carboxylic acids is 1. The molecule has 28 heavy (non-hydrogen) atoms. The second-order valence-electron chi connectivity index (χ2n) is 5.95. The first-order valence-corrected chi connectivity index (χ1v) is 8.92. The van der Waals surface area contributed by atoms with Crippen molar-refractivity contribution < 1.29 is 24.2 Å². The molecule has 0 aliphatic rings. The predicted octanol–water partition coefficient (Wildman–Crippen LogP) is 4.88. The Morgan fingerprint density at radius 2 is 1.71 bits per heavy atom. The molecule has 0 aromatic heterocycles. The van der Waals surface area contributed by atoms with Gasteiger partial charge in [0.05, 0.1) is 12.2 Å². The molecular weight excluding hydrogens is 380 g/mol. The van der Waals surface area contributed by atoms with E-state index in [1.54, 1.807) is 24.3 Å². The Kier molecular flexibility index (Phi) is 6.29. The van der Waals surface area contributed by atoms with Gasteiger partial charge < -0.3 is 14.6 Å². The van der Waals surface area contributed by atoms with E-state index in [4.69, 9.17) is 21.1 Å². The average molecular weight is 397 g/mol. The average Bonchev–Trinajstić information content (AvgIpc) is 2.70. The van der Waals surface area contributed by atoms with Gasteiger partial charge in [-0.3, -0.25) is 0 Å². The maximum Gasteiger partial charge on any atom is 0.343 e. The Hall–Kier alpha value is -3.31. The number of ether oxygens (including phenoxy) is 2. The van der Waals surface area contributed by atoms with Crippen LogP contribution in [0, 0.1) is 0 Å². The zero-order valence-electron chi connectivity index (χ0n) is 14.8. The number of rotatable bonds is 7. The molecule has 0 spiro atoms. The molecule has 3 aromatic carbocycles. The summed E-state index contributed by atoms with van der Waals surface area (Å²) in [5.41, 5.74) is 1.22. The van der Waals surface area contributed by atoms with Gasteiger partial charge in [0.25, 0.3) is 0 Å². The minimum Gasteiger partial charge on any atom is -0.493 e. The highest BCUT2D eigenvalue weighted by atomic mass is 35.5. The van der Waals surface area contributed by atoms with Crippen LogP contribution >= 0.6 is 11.6 Å². The third-order valence-electron chi connectivity index (χ3n) is 3.95. The van der Waals surface area contributed by atoms with Crippen molar-refractivity contribution in [3.05, 3.63) is 94.5 Å². The van der Waals surface area contributed by atoms with Crippen LogP contribution in [0.4, 0.5) is 0 Å². The van der Waals surface area contributed by atoms with Crippen molar-refractivity contribution in [3.63, 3.8) is 0 Å². The Bertz CT molecular complexity index is 985. The lowest BCUT2D eigenvalue weighted by atomic mass is 10.2. The molecule has 0 amide bonds. The van der Waals surface area contributed by atoms with Crippen LogP contribution in [0.25, 0.3) is 0 Å². The number of hydrogen-bond acceptors (Lipinski definition) is 4. The van der Waals surface area contributed by atoms with E-state index >= 15 is 0 Å². The fourth-order valence-corrected chi connectivity index (χ4v) is 2.73. The lowest BCUT2D eigenvalue weighted by Gasteiger charge is -2.10. The van der Waals surface area contributed by atoms with E-state index in [1.165, 1.54) is 18.2 Å². The summed E-state index contributed by atoms with van der Waals surface area (Å²) >= 11 is 5.81. The number of esters is 1. The molecule has 5 nitrogen and oxygen atoms in total. The van der Waals surface area contributed by atoms with Crippen LogP contribution in [0.1, 0.15) is 26.3 Å². The third kappa shape index (κ3) is 5.11. The van der Waals surface area contributed by atoms with E-state index in [2.05, 4.69) is 0 Å². The summed E-state index contributed by atoms with van der Waals surface area (Å²) in [6.07, 6.45) is 0.738. The lowest BCUT2D eigenvalue weighted by molar-refractivity contribution is 0.0681. The van der Waals surface area contributed by atoms with Crippen molar-refractivity contribution in [3.8, 4) is 11.5 Å². The monoisotopic (exact) mass is 396 g/mol. The minimum absolute atomic E-state index is 0.0719. The van der Waals surface area contributed by atoms with Crippen molar-refractivity contribution >= 4 is 23.5 Å². The molecular formula is C22H17ClO5. The molecule has 1 N–H and O–H groups in total. The van der Waals surface area contributed by atoms with Crippen molar-refractivity contribution in [1.29, 1.82) is 0 Å². The van der Waals surface area contributed by atoms with Crippen molar-refractivity contribution in [2.75, 3.05) is 6.61 Å². The minimum atomic E-state index is -1.23. The number of hydrogen-bond donors (Lipinski definition) is 1. The quantitative estimate of drug-likeness (QED) is 0.455. The molecule has 0 fully saturated rings. The number of carboxylic acids is 1. The summed E-state index contributed by atoms with van der Waals surface area (Å²) in [5.74, 6) is -1.46. The van der Waals surface area contributed by atoms with Crippen LogP contribution in [0.2, 0.25) is 5.02 Å². The summed E-state index contributed by atoms with van der Waals surface area (Å²) < 4.78 is 11.0. The molecule has 142 valence electrons. The second kappa shape index (κ2) is 9.06. The fraction of sp³-hybridized carbons (Fsp3) is 0.0909. The largest absolute Gasteiger partial charge is 0.493 e. The zero-order chi connectivity index (χ0) is 19.9. The van der Waals surface area contributed by atoms with E-state index < -0.39 is 11.9 Å². The van der Waals surface area contributed by atoms with E-state index in [0.29, 0.717) is 12.4 Å². The molecule has 0 heterocycles. The van der Waals surface area contributed by atoms with Gasteiger partial charge in [0.15, 0.2) is 0 Å². The van der Waals surface area contributed by atoms with Crippen LogP contribution in [-0.4, -0.2) is 23.7 Å². The zero-order valence-corrected chi connectivity index (χ0v) is 15.6. The standard InChI is InChI=1S/C22H17ClO5/c23-17-9-10-20(19(14-17)21(24)25)28-22(26)16-7-4-8-18(13-16)27-12-11-15-5-2-1-3-6-15/h1-10,13-14H,11-12H2,(H,24,25). The Morgan fingerprint density at radius 1 is 0.929 bits per heavy atom. The van der Waals surface area contributed by atoms with Gasteiger partial charge in [0.1, 0.15) is 17.1 Å². The number of carboxylic acid groups (broad SMARTS) is 1. The highest BCUT2D eigenvalue weighted by Gasteiger charge is 2.17. The first kappa shape index (κ1) is 19.5. The van der Waals surface area contributed by atoms with Crippen LogP contribution in [0.3, 0.4) is 0 Å². The Balaban J connectivity index is 1.66. The molecule has 3 aromatic rings. The molecule has 0 aliphatic carbocycles. The maximum absolute atomic E-state index is 12.4. The normalized spacial score (nSPS) is 10.3. The first-order chi connectivity index (χ1) is 13.5. The van der Waals surface area contributed by atoms with Gasteiger partial charge in [0.2, 0.25) is 0 Å². The molecule has 6 heteroatoms. The Morgan fingerprint density at radius 3 is 2.46 bits per heavy atom. The smallest absolute Gasteiger partial charge is 0.343 e. The third-order valence-corrected chi connectivity index (χ3v) is 4.18. The summed E-state index contributed by atoms with van der Waals surface area (Å²) in [6.45, 7) is 0.461. The van der Waals surface area contributed by atoms with Crippen LogP contribution in [0.5, 0.6) is 11.5 Å². The first-order valence-electron chi connectivity index (χ1n) is 8.55. The van der Waals surface area contributed by atoms with Crippen molar-refractivity contribution in [2.24, 2.45) is 0 Å². The molecule has 0 saturated carbocycles. The van der Waals surface area contributed by atoms with Gasteiger partial charge in [0, 0.05) is 11.4 Å². The van der Waals surface area contributed by atoms with E-state index in [1.807, 2.05) is 30.3 Å². The van der Waals surface area contributed by atoms with E-state index in [-0.39, 0.29) is 21.9 Å². The van der Waals surface area contributed by atoms with Crippen molar-refractivity contribution in [2.45, 2.75) is 6.42 Å². The molecule has 3 rings (SSSR count).